The lowest BCUT2D eigenvalue weighted by atomic mass is 10.1. The molecule has 0 radical (unpaired) electrons. The van der Waals surface area contributed by atoms with E-state index in [-0.39, 0.29) is 5.70 Å². The van der Waals surface area contributed by atoms with Gasteiger partial charge in [-0.2, -0.15) is 0 Å². The zero-order valence-electron chi connectivity index (χ0n) is 8.93. The Hall–Kier alpha value is -2.10. The Balaban J connectivity index is 3.11. The lowest BCUT2D eigenvalue weighted by molar-refractivity contribution is -0.132. The van der Waals surface area contributed by atoms with Crippen LogP contribution < -0.4 is 5.32 Å². The average Bonchev–Trinajstić information content (AvgIpc) is 2.29. The second-order valence-electron chi connectivity index (χ2n) is 3.14. The largest absolute Gasteiger partial charge is 0.477 e. The third-order valence-electron chi connectivity index (χ3n) is 2.02. The van der Waals surface area contributed by atoms with Crippen LogP contribution in [0.15, 0.2) is 30.0 Å². The monoisotopic (exact) mass is 219 g/mol. The van der Waals surface area contributed by atoms with Gasteiger partial charge in [-0.25, -0.2) is 4.79 Å². The Morgan fingerprint density at radius 2 is 2.00 bits per heavy atom. The molecule has 0 bridgehead atoms. The second-order valence-corrected chi connectivity index (χ2v) is 3.14. The maximum atomic E-state index is 10.9. The van der Waals surface area contributed by atoms with Gasteiger partial charge in [0.25, 0.3) is 0 Å². The maximum Gasteiger partial charge on any atom is 0.351 e. The van der Waals surface area contributed by atoms with Crippen molar-refractivity contribution in [2.75, 3.05) is 6.54 Å². The molecule has 0 aliphatic rings. The molecule has 0 heterocycles. The Bertz CT molecular complexity index is 424. The molecule has 4 nitrogen and oxygen atoms in total. The first-order valence-corrected chi connectivity index (χ1v) is 4.92. The number of carbonyl (C=O) groups is 2. The van der Waals surface area contributed by atoms with Gasteiger partial charge in [0, 0.05) is 12.1 Å². The van der Waals surface area contributed by atoms with Crippen LogP contribution in [0.25, 0.3) is 6.08 Å². The van der Waals surface area contributed by atoms with Crippen molar-refractivity contribution in [2.24, 2.45) is 0 Å². The lowest BCUT2D eigenvalue weighted by Gasteiger charge is -2.04. The Morgan fingerprint density at radius 3 is 2.50 bits per heavy atom. The zero-order chi connectivity index (χ0) is 12.0. The van der Waals surface area contributed by atoms with Gasteiger partial charge in [-0.15, -0.1) is 0 Å². The van der Waals surface area contributed by atoms with Gasteiger partial charge in [-0.3, -0.25) is 4.79 Å². The van der Waals surface area contributed by atoms with Crippen LogP contribution in [0.3, 0.4) is 0 Å². The SMILES string of the molecule is CCNC(=Cc1ccccc1C=O)C(=O)O. The molecule has 4 heteroatoms. The molecule has 1 rings (SSSR count). The first-order chi connectivity index (χ1) is 7.69. The van der Waals surface area contributed by atoms with Gasteiger partial charge in [0.1, 0.15) is 5.70 Å². The first-order valence-electron chi connectivity index (χ1n) is 4.92. The minimum absolute atomic E-state index is 0.0804. The van der Waals surface area contributed by atoms with Crippen LogP contribution in [0.1, 0.15) is 22.8 Å². The number of rotatable bonds is 5. The fourth-order valence-corrected chi connectivity index (χ4v) is 1.28. The number of nitrogens with one attached hydrogen (secondary N) is 1. The Labute approximate surface area is 93.6 Å². The van der Waals surface area contributed by atoms with Gasteiger partial charge >= 0.3 is 5.97 Å². The summed E-state index contributed by atoms with van der Waals surface area (Å²) in [5.74, 6) is -1.04. The molecule has 2 N–H and O–H groups in total. The van der Waals surface area contributed by atoms with Crippen LogP contribution in [-0.2, 0) is 4.79 Å². The zero-order valence-corrected chi connectivity index (χ0v) is 8.93. The Kier molecular flexibility index (Phi) is 4.27. The first kappa shape index (κ1) is 12.0. The maximum absolute atomic E-state index is 10.9. The molecule has 1 aromatic carbocycles. The molecule has 0 atom stereocenters. The minimum Gasteiger partial charge on any atom is -0.477 e. The van der Waals surface area contributed by atoms with Crippen LogP contribution in [0.5, 0.6) is 0 Å². The standard InChI is InChI=1S/C12H13NO3/c1-2-13-11(12(15)16)7-9-5-3-4-6-10(9)8-14/h3-8,13H,2H2,1H3,(H,15,16). The molecule has 0 aromatic heterocycles. The molecule has 0 fully saturated rings. The number of carbonyl (C=O) groups excluding carboxylic acids is 1. The molecule has 0 spiro atoms. The molecule has 0 amide bonds. The van der Waals surface area contributed by atoms with Crippen LogP contribution >= 0.6 is 0 Å². The summed E-state index contributed by atoms with van der Waals surface area (Å²) in [7, 11) is 0. The van der Waals surface area contributed by atoms with Gasteiger partial charge < -0.3 is 10.4 Å². The van der Waals surface area contributed by atoms with E-state index in [1.807, 2.05) is 6.92 Å². The quantitative estimate of drug-likeness (QED) is 0.582. The van der Waals surface area contributed by atoms with Gasteiger partial charge in [-0.1, -0.05) is 24.3 Å². The number of aliphatic carboxylic acids is 1. The van der Waals surface area contributed by atoms with E-state index in [1.54, 1.807) is 24.3 Å². The van der Waals surface area contributed by atoms with Crippen molar-refractivity contribution in [3.05, 3.63) is 41.1 Å². The van der Waals surface area contributed by atoms with Crippen molar-refractivity contribution in [2.45, 2.75) is 6.92 Å². The predicted molar refractivity (Wildman–Crippen MR) is 61.1 cm³/mol. The normalized spacial score (nSPS) is 10.9. The van der Waals surface area contributed by atoms with E-state index in [0.29, 0.717) is 24.0 Å². The summed E-state index contributed by atoms with van der Waals surface area (Å²) in [4.78, 5) is 21.6. The molecular formula is C12H13NO3. The summed E-state index contributed by atoms with van der Waals surface area (Å²) in [6, 6.07) is 6.83. The van der Waals surface area contributed by atoms with Gasteiger partial charge in [0.2, 0.25) is 0 Å². The summed E-state index contributed by atoms with van der Waals surface area (Å²) in [6.45, 7) is 2.32. The van der Waals surface area contributed by atoms with Gasteiger partial charge in [0.05, 0.1) is 0 Å². The lowest BCUT2D eigenvalue weighted by Crippen LogP contribution is -2.19. The van der Waals surface area contributed by atoms with E-state index in [0.717, 1.165) is 0 Å². The van der Waals surface area contributed by atoms with Crippen molar-refractivity contribution in [1.29, 1.82) is 0 Å². The Morgan fingerprint density at radius 1 is 1.38 bits per heavy atom. The van der Waals surface area contributed by atoms with Crippen LogP contribution in [0.2, 0.25) is 0 Å². The van der Waals surface area contributed by atoms with Crippen molar-refractivity contribution in [1.82, 2.24) is 5.32 Å². The number of aldehydes is 1. The van der Waals surface area contributed by atoms with Gasteiger partial charge in [0.15, 0.2) is 6.29 Å². The number of carboxylic acids is 1. The van der Waals surface area contributed by atoms with E-state index in [1.165, 1.54) is 6.08 Å². The highest BCUT2D eigenvalue weighted by Crippen LogP contribution is 2.10. The molecule has 0 saturated carbocycles. The highest BCUT2D eigenvalue weighted by Gasteiger charge is 2.06. The van der Waals surface area contributed by atoms with E-state index in [4.69, 9.17) is 5.11 Å². The highest BCUT2D eigenvalue weighted by molar-refractivity contribution is 5.93. The van der Waals surface area contributed by atoms with Crippen molar-refractivity contribution < 1.29 is 14.7 Å². The van der Waals surface area contributed by atoms with Crippen molar-refractivity contribution >= 4 is 18.3 Å². The van der Waals surface area contributed by atoms with Crippen LogP contribution in [0, 0.1) is 0 Å². The summed E-state index contributed by atoms with van der Waals surface area (Å²) in [6.07, 6.45) is 2.16. The minimum atomic E-state index is -1.04. The van der Waals surface area contributed by atoms with Crippen molar-refractivity contribution in [3.8, 4) is 0 Å². The van der Waals surface area contributed by atoms with Crippen LogP contribution in [-0.4, -0.2) is 23.9 Å². The summed E-state index contributed by atoms with van der Waals surface area (Å²) in [5.41, 5.74) is 1.15. The predicted octanol–water partition coefficient (Wildman–Crippen LogP) is 1.53. The third-order valence-corrected chi connectivity index (χ3v) is 2.02. The molecule has 0 aliphatic heterocycles. The fourth-order valence-electron chi connectivity index (χ4n) is 1.28. The topological polar surface area (TPSA) is 66.4 Å². The third kappa shape index (κ3) is 2.95. The molecule has 0 unspecified atom stereocenters. The smallest absolute Gasteiger partial charge is 0.351 e. The second kappa shape index (κ2) is 5.70. The number of hydrogen-bond acceptors (Lipinski definition) is 3. The van der Waals surface area contributed by atoms with E-state index in [2.05, 4.69) is 5.32 Å². The fraction of sp³-hybridized carbons (Fsp3) is 0.167. The molecule has 16 heavy (non-hydrogen) atoms. The van der Waals surface area contributed by atoms with Crippen molar-refractivity contribution in [3.63, 3.8) is 0 Å². The van der Waals surface area contributed by atoms with Gasteiger partial charge in [-0.05, 0) is 18.6 Å². The molecule has 0 saturated heterocycles. The summed E-state index contributed by atoms with van der Waals surface area (Å²) in [5, 5.41) is 11.6. The average molecular weight is 219 g/mol. The van der Waals surface area contributed by atoms with E-state index in [9.17, 15) is 9.59 Å². The molecule has 84 valence electrons. The van der Waals surface area contributed by atoms with Crippen LogP contribution in [0.4, 0.5) is 0 Å². The number of benzene rings is 1. The highest BCUT2D eigenvalue weighted by atomic mass is 16.4. The molecular weight excluding hydrogens is 206 g/mol. The number of hydrogen-bond donors (Lipinski definition) is 2. The summed E-state index contributed by atoms with van der Waals surface area (Å²) < 4.78 is 0. The molecule has 1 aromatic rings. The number of likely N-dealkylation sites (N-methyl/N-ethyl adjacent to an activating group) is 1. The van der Waals surface area contributed by atoms with E-state index < -0.39 is 5.97 Å². The molecule has 0 aliphatic carbocycles. The van der Waals surface area contributed by atoms with E-state index >= 15 is 0 Å². The summed E-state index contributed by atoms with van der Waals surface area (Å²) >= 11 is 0. The number of carboxylic acid groups (broad SMARTS) is 1.